The SMILES string of the molecule is CCOc1ccc(C2NC(=S)NC(C)=C2C(=O)Nc2ccc(F)cc2)cc1. The first-order valence-electron chi connectivity index (χ1n) is 8.56. The van der Waals surface area contributed by atoms with Crippen molar-refractivity contribution in [1.82, 2.24) is 10.6 Å². The van der Waals surface area contributed by atoms with Crippen molar-refractivity contribution < 1.29 is 13.9 Å². The molecule has 3 rings (SSSR count). The highest BCUT2D eigenvalue weighted by atomic mass is 32.1. The van der Waals surface area contributed by atoms with Gasteiger partial charge in [0.25, 0.3) is 5.91 Å². The number of carbonyl (C=O) groups excluding carboxylic acids is 1. The number of carbonyl (C=O) groups is 1. The molecule has 140 valence electrons. The molecule has 1 atom stereocenters. The van der Waals surface area contributed by atoms with Crippen molar-refractivity contribution >= 4 is 28.9 Å². The van der Waals surface area contributed by atoms with Gasteiger partial charge in [0.1, 0.15) is 11.6 Å². The predicted octanol–water partition coefficient (Wildman–Crippen LogP) is 3.66. The molecule has 1 unspecified atom stereocenters. The fraction of sp³-hybridized carbons (Fsp3) is 0.200. The molecule has 0 fully saturated rings. The van der Waals surface area contributed by atoms with Gasteiger partial charge in [-0.15, -0.1) is 0 Å². The summed E-state index contributed by atoms with van der Waals surface area (Å²) >= 11 is 5.26. The number of allylic oxidation sites excluding steroid dienone is 1. The van der Waals surface area contributed by atoms with Crippen LogP contribution in [-0.4, -0.2) is 17.6 Å². The Morgan fingerprint density at radius 2 is 1.85 bits per heavy atom. The summed E-state index contributed by atoms with van der Waals surface area (Å²) in [6.07, 6.45) is 0. The Morgan fingerprint density at radius 1 is 1.19 bits per heavy atom. The minimum Gasteiger partial charge on any atom is -0.494 e. The van der Waals surface area contributed by atoms with Crippen molar-refractivity contribution in [2.24, 2.45) is 0 Å². The van der Waals surface area contributed by atoms with Crippen LogP contribution in [0.25, 0.3) is 0 Å². The van der Waals surface area contributed by atoms with E-state index in [1.165, 1.54) is 24.3 Å². The zero-order valence-corrected chi connectivity index (χ0v) is 15.8. The average Bonchev–Trinajstić information content (AvgIpc) is 2.64. The Balaban J connectivity index is 1.89. The van der Waals surface area contributed by atoms with Crippen LogP contribution < -0.4 is 20.7 Å². The van der Waals surface area contributed by atoms with Crippen LogP contribution in [0.3, 0.4) is 0 Å². The van der Waals surface area contributed by atoms with Gasteiger partial charge in [-0.25, -0.2) is 4.39 Å². The van der Waals surface area contributed by atoms with Gasteiger partial charge in [-0.3, -0.25) is 4.79 Å². The number of rotatable bonds is 5. The number of ether oxygens (including phenoxy) is 1. The van der Waals surface area contributed by atoms with Crippen LogP contribution in [0.2, 0.25) is 0 Å². The van der Waals surface area contributed by atoms with Crippen LogP contribution in [0.4, 0.5) is 10.1 Å². The van der Waals surface area contributed by atoms with Crippen molar-refractivity contribution in [3.8, 4) is 5.75 Å². The van der Waals surface area contributed by atoms with E-state index in [0.29, 0.717) is 28.7 Å². The van der Waals surface area contributed by atoms with Crippen molar-refractivity contribution in [2.45, 2.75) is 19.9 Å². The van der Waals surface area contributed by atoms with E-state index < -0.39 is 6.04 Å². The molecule has 0 saturated heterocycles. The van der Waals surface area contributed by atoms with Gasteiger partial charge in [0.2, 0.25) is 0 Å². The zero-order chi connectivity index (χ0) is 19.4. The quantitative estimate of drug-likeness (QED) is 0.686. The summed E-state index contributed by atoms with van der Waals surface area (Å²) in [5.41, 5.74) is 2.57. The molecule has 0 spiro atoms. The lowest BCUT2D eigenvalue weighted by Gasteiger charge is -2.30. The average molecular weight is 385 g/mol. The summed E-state index contributed by atoms with van der Waals surface area (Å²) in [7, 11) is 0. The van der Waals surface area contributed by atoms with E-state index in [1.54, 1.807) is 6.92 Å². The van der Waals surface area contributed by atoms with E-state index in [1.807, 2.05) is 31.2 Å². The van der Waals surface area contributed by atoms with Gasteiger partial charge >= 0.3 is 0 Å². The van der Waals surface area contributed by atoms with Crippen LogP contribution in [-0.2, 0) is 4.79 Å². The van der Waals surface area contributed by atoms with Gasteiger partial charge in [0, 0.05) is 11.4 Å². The Bertz CT molecular complexity index is 879. The Labute approximate surface area is 162 Å². The van der Waals surface area contributed by atoms with Crippen LogP contribution in [0, 0.1) is 5.82 Å². The molecule has 1 aliphatic rings. The number of halogens is 1. The Morgan fingerprint density at radius 3 is 2.48 bits per heavy atom. The first-order valence-corrected chi connectivity index (χ1v) is 8.96. The van der Waals surface area contributed by atoms with E-state index in [-0.39, 0.29) is 11.7 Å². The summed E-state index contributed by atoms with van der Waals surface area (Å²) in [5, 5.41) is 9.39. The molecule has 0 aromatic heterocycles. The van der Waals surface area contributed by atoms with E-state index in [9.17, 15) is 9.18 Å². The number of nitrogens with one attached hydrogen (secondary N) is 3. The van der Waals surface area contributed by atoms with Gasteiger partial charge in [0.05, 0.1) is 18.2 Å². The molecular formula is C20H20FN3O2S. The smallest absolute Gasteiger partial charge is 0.255 e. The molecule has 0 saturated carbocycles. The second-order valence-corrected chi connectivity index (χ2v) is 6.44. The highest BCUT2D eigenvalue weighted by Crippen LogP contribution is 2.29. The fourth-order valence-electron chi connectivity index (χ4n) is 2.90. The van der Waals surface area contributed by atoms with Crippen molar-refractivity contribution in [3.63, 3.8) is 0 Å². The third-order valence-electron chi connectivity index (χ3n) is 4.14. The summed E-state index contributed by atoms with van der Waals surface area (Å²) in [5.74, 6) is 0.110. The summed E-state index contributed by atoms with van der Waals surface area (Å²) in [6, 6.07) is 12.7. The minimum absolute atomic E-state index is 0.291. The van der Waals surface area contributed by atoms with Gasteiger partial charge in [-0.1, -0.05) is 12.1 Å². The molecule has 2 aromatic rings. The van der Waals surface area contributed by atoms with E-state index in [0.717, 1.165) is 11.3 Å². The van der Waals surface area contributed by atoms with Crippen LogP contribution >= 0.6 is 12.2 Å². The number of benzene rings is 2. The van der Waals surface area contributed by atoms with E-state index >= 15 is 0 Å². The van der Waals surface area contributed by atoms with Crippen LogP contribution in [0.5, 0.6) is 5.75 Å². The van der Waals surface area contributed by atoms with Crippen molar-refractivity contribution in [3.05, 3.63) is 71.2 Å². The van der Waals surface area contributed by atoms with Crippen LogP contribution in [0.1, 0.15) is 25.5 Å². The normalized spacial score (nSPS) is 16.4. The van der Waals surface area contributed by atoms with Gasteiger partial charge in [0.15, 0.2) is 5.11 Å². The number of hydrogen-bond acceptors (Lipinski definition) is 3. The number of amides is 1. The zero-order valence-electron chi connectivity index (χ0n) is 15.0. The summed E-state index contributed by atoms with van der Waals surface area (Å²) < 4.78 is 18.6. The first kappa shape index (κ1) is 18.8. The van der Waals surface area contributed by atoms with Gasteiger partial charge < -0.3 is 20.7 Å². The monoisotopic (exact) mass is 385 g/mol. The summed E-state index contributed by atoms with van der Waals surface area (Å²) in [4.78, 5) is 12.9. The molecule has 0 bridgehead atoms. The second-order valence-electron chi connectivity index (χ2n) is 6.03. The Hall–Kier alpha value is -2.93. The molecule has 0 radical (unpaired) electrons. The van der Waals surface area contributed by atoms with E-state index in [2.05, 4.69) is 16.0 Å². The predicted molar refractivity (Wildman–Crippen MR) is 107 cm³/mol. The maximum atomic E-state index is 13.1. The largest absolute Gasteiger partial charge is 0.494 e. The minimum atomic E-state index is -0.408. The lowest BCUT2D eigenvalue weighted by molar-refractivity contribution is -0.113. The molecule has 1 aliphatic heterocycles. The number of thiocarbonyl (C=S) groups is 1. The molecule has 5 nitrogen and oxygen atoms in total. The lowest BCUT2D eigenvalue weighted by Crippen LogP contribution is -2.45. The molecule has 1 heterocycles. The maximum absolute atomic E-state index is 13.1. The fourth-order valence-corrected chi connectivity index (χ4v) is 3.17. The maximum Gasteiger partial charge on any atom is 0.255 e. The molecule has 0 aliphatic carbocycles. The van der Waals surface area contributed by atoms with Crippen LogP contribution in [0.15, 0.2) is 59.8 Å². The topological polar surface area (TPSA) is 62.4 Å². The number of hydrogen-bond donors (Lipinski definition) is 3. The highest BCUT2D eigenvalue weighted by molar-refractivity contribution is 7.80. The molecule has 2 aromatic carbocycles. The van der Waals surface area contributed by atoms with E-state index in [4.69, 9.17) is 17.0 Å². The third-order valence-corrected chi connectivity index (χ3v) is 4.36. The van der Waals surface area contributed by atoms with Crippen molar-refractivity contribution in [1.29, 1.82) is 0 Å². The van der Waals surface area contributed by atoms with Crippen molar-refractivity contribution in [2.75, 3.05) is 11.9 Å². The lowest BCUT2D eigenvalue weighted by atomic mass is 9.95. The molecule has 7 heteroatoms. The molecule has 27 heavy (non-hydrogen) atoms. The molecule has 1 amide bonds. The van der Waals surface area contributed by atoms with Gasteiger partial charge in [-0.2, -0.15) is 0 Å². The highest BCUT2D eigenvalue weighted by Gasteiger charge is 2.29. The first-order chi connectivity index (χ1) is 13.0. The summed E-state index contributed by atoms with van der Waals surface area (Å²) in [6.45, 7) is 4.30. The van der Waals surface area contributed by atoms with Gasteiger partial charge in [-0.05, 0) is 68.0 Å². The molecular weight excluding hydrogens is 365 g/mol. The Kier molecular flexibility index (Phi) is 5.71. The third kappa shape index (κ3) is 4.43. The number of anilines is 1. The second kappa shape index (κ2) is 8.18. The molecule has 3 N–H and O–H groups in total. The standard InChI is InChI=1S/C20H20FN3O2S/c1-3-26-16-10-4-13(5-11-16)18-17(12(2)22-20(27)24-18)19(25)23-15-8-6-14(21)7-9-15/h4-11,18H,3H2,1-2H3,(H,23,25)(H2,22,24,27).